The lowest BCUT2D eigenvalue weighted by molar-refractivity contribution is -0.143. The number of carboxylic acid groups (broad SMARTS) is 1. The van der Waals surface area contributed by atoms with Crippen molar-refractivity contribution in [2.75, 3.05) is 19.8 Å². The second kappa shape index (κ2) is 8.63. The van der Waals surface area contributed by atoms with Crippen LogP contribution in [0.1, 0.15) is 53.4 Å². The highest BCUT2D eigenvalue weighted by molar-refractivity contribution is 5.71. The van der Waals surface area contributed by atoms with Crippen LogP contribution in [-0.2, 0) is 9.53 Å². The van der Waals surface area contributed by atoms with Crippen LogP contribution >= 0.6 is 0 Å². The molecule has 4 nitrogen and oxygen atoms in total. The van der Waals surface area contributed by atoms with E-state index >= 15 is 0 Å². The van der Waals surface area contributed by atoms with Gasteiger partial charge in [0.05, 0.1) is 19.1 Å². The minimum atomic E-state index is -0.716. The maximum atomic E-state index is 11.4. The number of hydrogen-bond donors (Lipinski definition) is 1. The molecule has 1 aliphatic rings. The quantitative estimate of drug-likeness (QED) is 0.707. The summed E-state index contributed by atoms with van der Waals surface area (Å²) in [5.74, 6) is -0.399. The van der Waals surface area contributed by atoms with Gasteiger partial charge in [0, 0.05) is 12.1 Å². The van der Waals surface area contributed by atoms with Crippen molar-refractivity contribution >= 4 is 5.97 Å². The first-order valence-electron chi connectivity index (χ1n) is 8.11. The number of carbonyl (C=O) groups is 1. The van der Waals surface area contributed by atoms with Crippen LogP contribution < -0.4 is 0 Å². The molecule has 0 aliphatic carbocycles. The molecule has 4 atom stereocenters. The fourth-order valence-electron chi connectivity index (χ4n) is 3.15. The van der Waals surface area contributed by atoms with E-state index in [0.717, 1.165) is 25.8 Å². The number of aliphatic carboxylic acids is 1. The third-order valence-electron chi connectivity index (χ3n) is 4.59. The van der Waals surface area contributed by atoms with Gasteiger partial charge >= 0.3 is 5.97 Å². The van der Waals surface area contributed by atoms with Crippen molar-refractivity contribution in [3.63, 3.8) is 0 Å². The Morgan fingerprint density at radius 1 is 1.30 bits per heavy atom. The molecule has 0 saturated carbocycles. The van der Waals surface area contributed by atoms with Gasteiger partial charge < -0.3 is 9.84 Å². The number of nitrogens with zero attached hydrogens (tertiary/aromatic N) is 1. The summed E-state index contributed by atoms with van der Waals surface area (Å²) >= 11 is 0. The molecule has 4 heteroatoms. The molecule has 4 unspecified atom stereocenters. The summed E-state index contributed by atoms with van der Waals surface area (Å²) in [6.45, 7) is 10.8. The van der Waals surface area contributed by atoms with Crippen molar-refractivity contribution in [3.8, 4) is 0 Å². The van der Waals surface area contributed by atoms with Crippen LogP contribution in [0.25, 0.3) is 0 Å². The highest BCUT2D eigenvalue weighted by atomic mass is 16.5. The van der Waals surface area contributed by atoms with Gasteiger partial charge in [0.1, 0.15) is 0 Å². The maximum absolute atomic E-state index is 11.4. The predicted octanol–water partition coefficient (Wildman–Crippen LogP) is 3.01. The Kier molecular flexibility index (Phi) is 7.52. The predicted molar refractivity (Wildman–Crippen MR) is 80.9 cm³/mol. The highest BCUT2D eigenvalue weighted by Crippen LogP contribution is 2.27. The van der Waals surface area contributed by atoms with Gasteiger partial charge in [0.25, 0.3) is 0 Å². The molecule has 1 heterocycles. The van der Waals surface area contributed by atoms with E-state index in [4.69, 9.17) is 4.74 Å². The first kappa shape index (κ1) is 17.4. The second-order valence-electron chi connectivity index (χ2n) is 6.10. The summed E-state index contributed by atoms with van der Waals surface area (Å²) < 4.78 is 5.46. The molecule has 0 amide bonds. The molecular formula is C16H31NO3. The molecule has 0 aromatic heterocycles. The van der Waals surface area contributed by atoms with Crippen molar-refractivity contribution in [2.24, 2.45) is 11.8 Å². The average Bonchev–Trinajstić information content (AvgIpc) is 2.91. The summed E-state index contributed by atoms with van der Waals surface area (Å²) in [4.78, 5) is 13.8. The van der Waals surface area contributed by atoms with E-state index in [0.29, 0.717) is 25.2 Å². The zero-order valence-electron chi connectivity index (χ0n) is 13.5. The van der Waals surface area contributed by atoms with Gasteiger partial charge in [-0.2, -0.15) is 0 Å². The van der Waals surface area contributed by atoms with E-state index in [1.165, 1.54) is 6.42 Å². The Hall–Kier alpha value is -0.610. The first-order valence-corrected chi connectivity index (χ1v) is 8.11. The normalized spacial score (nSPS) is 25.9. The van der Waals surface area contributed by atoms with Gasteiger partial charge in [0.15, 0.2) is 0 Å². The van der Waals surface area contributed by atoms with Crippen LogP contribution in [0.2, 0.25) is 0 Å². The van der Waals surface area contributed by atoms with Crippen LogP contribution in [-0.4, -0.2) is 47.8 Å². The first-order chi connectivity index (χ1) is 9.54. The SMILES string of the molecule is CCCN(C(CC)CC(C)CC)C1COCC1C(=O)O. The largest absolute Gasteiger partial charge is 0.481 e. The summed E-state index contributed by atoms with van der Waals surface area (Å²) in [5, 5.41) is 9.38. The minimum Gasteiger partial charge on any atom is -0.481 e. The van der Waals surface area contributed by atoms with Gasteiger partial charge in [-0.05, 0) is 31.7 Å². The topological polar surface area (TPSA) is 49.8 Å². The molecule has 1 N–H and O–H groups in total. The molecule has 0 spiro atoms. The second-order valence-corrected chi connectivity index (χ2v) is 6.10. The molecule has 0 bridgehead atoms. The zero-order valence-corrected chi connectivity index (χ0v) is 13.5. The number of rotatable bonds is 9. The van der Waals surface area contributed by atoms with Crippen LogP contribution in [0, 0.1) is 11.8 Å². The Balaban J connectivity index is 2.81. The van der Waals surface area contributed by atoms with Crippen LogP contribution in [0.3, 0.4) is 0 Å². The van der Waals surface area contributed by atoms with Gasteiger partial charge in [0.2, 0.25) is 0 Å². The third kappa shape index (κ3) is 4.45. The summed E-state index contributed by atoms with van der Waals surface area (Å²) in [5.41, 5.74) is 0. The van der Waals surface area contributed by atoms with Crippen LogP contribution in [0.15, 0.2) is 0 Å². The molecule has 0 radical (unpaired) electrons. The summed E-state index contributed by atoms with van der Waals surface area (Å²) in [6, 6.07) is 0.514. The van der Waals surface area contributed by atoms with Gasteiger partial charge in [-0.1, -0.05) is 34.1 Å². The minimum absolute atomic E-state index is 0.0430. The monoisotopic (exact) mass is 285 g/mol. The fourth-order valence-corrected chi connectivity index (χ4v) is 3.15. The summed E-state index contributed by atoms with van der Waals surface area (Å²) in [7, 11) is 0. The Labute approximate surface area is 123 Å². The van der Waals surface area contributed by atoms with Crippen molar-refractivity contribution in [1.82, 2.24) is 4.90 Å². The Morgan fingerprint density at radius 2 is 2.00 bits per heavy atom. The average molecular weight is 285 g/mol. The molecule has 1 saturated heterocycles. The molecule has 1 aliphatic heterocycles. The lowest BCUT2D eigenvalue weighted by Gasteiger charge is -2.38. The van der Waals surface area contributed by atoms with Crippen molar-refractivity contribution in [3.05, 3.63) is 0 Å². The van der Waals surface area contributed by atoms with Gasteiger partial charge in [-0.25, -0.2) is 0 Å². The van der Waals surface area contributed by atoms with E-state index in [1.807, 2.05) is 0 Å². The molecule has 20 heavy (non-hydrogen) atoms. The molecule has 1 fully saturated rings. The van der Waals surface area contributed by atoms with E-state index in [-0.39, 0.29) is 12.0 Å². The number of hydrogen-bond acceptors (Lipinski definition) is 3. The van der Waals surface area contributed by atoms with Gasteiger partial charge in [-0.3, -0.25) is 9.69 Å². The third-order valence-corrected chi connectivity index (χ3v) is 4.59. The van der Waals surface area contributed by atoms with Gasteiger partial charge in [-0.15, -0.1) is 0 Å². The Bertz CT molecular complexity index is 295. The van der Waals surface area contributed by atoms with Crippen molar-refractivity contribution in [2.45, 2.75) is 65.5 Å². The smallest absolute Gasteiger partial charge is 0.310 e. The lowest BCUT2D eigenvalue weighted by atomic mass is 9.93. The lowest BCUT2D eigenvalue weighted by Crippen LogP contribution is -2.49. The number of ether oxygens (including phenoxy) is 1. The molecule has 0 aromatic carbocycles. The Morgan fingerprint density at radius 3 is 2.50 bits per heavy atom. The van der Waals surface area contributed by atoms with E-state index in [1.54, 1.807) is 0 Å². The summed E-state index contributed by atoms with van der Waals surface area (Å²) in [6.07, 6.45) is 4.46. The zero-order chi connectivity index (χ0) is 15.1. The fraction of sp³-hybridized carbons (Fsp3) is 0.938. The van der Waals surface area contributed by atoms with Crippen molar-refractivity contribution < 1.29 is 14.6 Å². The van der Waals surface area contributed by atoms with E-state index < -0.39 is 5.97 Å². The standard InChI is InChI=1S/C16H31NO3/c1-5-8-17(13(7-3)9-12(4)6-2)15-11-20-10-14(15)16(18)19/h12-15H,5-11H2,1-4H3,(H,18,19). The highest BCUT2D eigenvalue weighted by Gasteiger charge is 2.39. The molecule has 1 rings (SSSR count). The molecular weight excluding hydrogens is 254 g/mol. The number of carboxylic acids is 1. The maximum Gasteiger partial charge on any atom is 0.310 e. The molecule has 0 aromatic rings. The van der Waals surface area contributed by atoms with E-state index in [2.05, 4.69) is 32.6 Å². The molecule has 118 valence electrons. The van der Waals surface area contributed by atoms with Crippen LogP contribution in [0.5, 0.6) is 0 Å². The van der Waals surface area contributed by atoms with Crippen LogP contribution in [0.4, 0.5) is 0 Å². The van der Waals surface area contributed by atoms with Crippen molar-refractivity contribution in [1.29, 1.82) is 0 Å². The van der Waals surface area contributed by atoms with E-state index in [9.17, 15) is 9.90 Å².